The number of ether oxygens (including phenoxy) is 1. The first-order valence-corrected chi connectivity index (χ1v) is 6.27. The number of hydrogen-bond acceptors (Lipinski definition) is 5. The van der Waals surface area contributed by atoms with Crippen molar-refractivity contribution in [2.75, 3.05) is 5.73 Å². The highest BCUT2D eigenvalue weighted by molar-refractivity contribution is 5.94. The van der Waals surface area contributed by atoms with Crippen molar-refractivity contribution in [1.82, 2.24) is 15.0 Å². The van der Waals surface area contributed by atoms with Crippen LogP contribution in [-0.2, 0) is 0 Å². The van der Waals surface area contributed by atoms with E-state index < -0.39 is 0 Å². The van der Waals surface area contributed by atoms with Crippen LogP contribution in [0.15, 0.2) is 36.5 Å². The Bertz CT molecular complexity index is 766. The molecule has 0 amide bonds. The van der Waals surface area contributed by atoms with Crippen LogP contribution in [0.1, 0.15) is 11.5 Å². The lowest BCUT2D eigenvalue weighted by molar-refractivity contribution is 0.463. The van der Waals surface area contributed by atoms with E-state index in [9.17, 15) is 0 Å². The molecule has 2 aromatic heterocycles. The molecule has 0 radical (unpaired) electrons. The Morgan fingerprint density at radius 2 is 1.95 bits per heavy atom. The summed E-state index contributed by atoms with van der Waals surface area (Å²) in [6, 6.07) is 9.16. The molecule has 5 nitrogen and oxygen atoms in total. The SMILES string of the molecule is Cc1cc(Oc2ccc(N)c3cccnc23)nc(C)n1. The first-order chi connectivity index (χ1) is 9.63. The minimum absolute atomic E-state index is 0.506. The van der Waals surface area contributed by atoms with Gasteiger partial charge in [0.05, 0.1) is 0 Å². The zero-order chi connectivity index (χ0) is 14.1. The van der Waals surface area contributed by atoms with Gasteiger partial charge in [-0.05, 0) is 38.1 Å². The molecule has 0 fully saturated rings. The van der Waals surface area contributed by atoms with Gasteiger partial charge in [-0.1, -0.05) is 0 Å². The minimum atomic E-state index is 0.506. The third-order valence-electron chi connectivity index (χ3n) is 2.92. The molecule has 0 aliphatic carbocycles. The van der Waals surface area contributed by atoms with Gasteiger partial charge in [0.1, 0.15) is 11.3 Å². The molecule has 2 N–H and O–H groups in total. The second kappa shape index (κ2) is 4.77. The van der Waals surface area contributed by atoms with Gasteiger partial charge in [-0.15, -0.1) is 0 Å². The molecule has 0 atom stereocenters. The standard InChI is InChI=1S/C15H14N4O/c1-9-8-14(19-10(2)18-9)20-13-6-5-12(16)11-4-3-7-17-15(11)13/h3-8H,16H2,1-2H3. The highest BCUT2D eigenvalue weighted by Gasteiger charge is 2.08. The molecule has 2 heterocycles. The van der Waals surface area contributed by atoms with Crippen molar-refractivity contribution < 1.29 is 4.74 Å². The first-order valence-electron chi connectivity index (χ1n) is 6.27. The number of benzene rings is 1. The second-order valence-corrected chi connectivity index (χ2v) is 4.55. The molecule has 0 spiro atoms. The number of nitrogens with two attached hydrogens (primary N) is 1. The third-order valence-corrected chi connectivity index (χ3v) is 2.92. The molecular formula is C15H14N4O. The highest BCUT2D eigenvalue weighted by atomic mass is 16.5. The van der Waals surface area contributed by atoms with Crippen LogP contribution in [-0.4, -0.2) is 15.0 Å². The summed E-state index contributed by atoms with van der Waals surface area (Å²) in [6.07, 6.45) is 1.71. The van der Waals surface area contributed by atoms with E-state index in [4.69, 9.17) is 10.5 Å². The fourth-order valence-electron chi connectivity index (χ4n) is 2.10. The zero-order valence-corrected chi connectivity index (χ0v) is 11.3. The predicted octanol–water partition coefficient (Wildman–Crippen LogP) is 3.02. The van der Waals surface area contributed by atoms with Crippen LogP contribution in [0.25, 0.3) is 10.9 Å². The normalized spacial score (nSPS) is 10.7. The number of aromatic nitrogens is 3. The molecule has 5 heteroatoms. The minimum Gasteiger partial charge on any atom is -0.437 e. The van der Waals surface area contributed by atoms with Crippen molar-refractivity contribution in [3.8, 4) is 11.6 Å². The van der Waals surface area contributed by atoms with Crippen molar-refractivity contribution in [2.45, 2.75) is 13.8 Å². The summed E-state index contributed by atoms with van der Waals surface area (Å²) in [4.78, 5) is 12.8. The second-order valence-electron chi connectivity index (χ2n) is 4.55. The fourth-order valence-corrected chi connectivity index (χ4v) is 2.10. The first kappa shape index (κ1) is 12.3. The average Bonchev–Trinajstić information content (AvgIpc) is 2.41. The Morgan fingerprint density at radius 3 is 2.75 bits per heavy atom. The van der Waals surface area contributed by atoms with E-state index in [-0.39, 0.29) is 0 Å². The van der Waals surface area contributed by atoms with Crippen molar-refractivity contribution in [3.63, 3.8) is 0 Å². The Hall–Kier alpha value is -2.69. The molecule has 0 aliphatic heterocycles. The van der Waals surface area contributed by atoms with Gasteiger partial charge in [0.25, 0.3) is 0 Å². The van der Waals surface area contributed by atoms with Crippen LogP contribution in [0.4, 0.5) is 5.69 Å². The average molecular weight is 266 g/mol. The number of anilines is 1. The van der Waals surface area contributed by atoms with E-state index in [1.54, 1.807) is 24.4 Å². The Morgan fingerprint density at radius 1 is 1.10 bits per heavy atom. The summed E-state index contributed by atoms with van der Waals surface area (Å²) in [6.45, 7) is 3.74. The van der Waals surface area contributed by atoms with Gasteiger partial charge in [0, 0.05) is 29.0 Å². The number of aryl methyl sites for hydroxylation is 2. The summed E-state index contributed by atoms with van der Waals surface area (Å²) in [5.41, 5.74) is 8.21. The zero-order valence-electron chi connectivity index (χ0n) is 11.3. The van der Waals surface area contributed by atoms with E-state index in [0.29, 0.717) is 23.1 Å². The van der Waals surface area contributed by atoms with E-state index in [1.165, 1.54) is 0 Å². The topological polar surface area (TPSA) is 73.9 Å². The van der Waals surface area contributed by atoms with Crippen molar-refractivity contribution in [1.29, 1.82) is 0 Å². The van der Waals surface area contributed by atoms with Gasteiger partial charge >= 0.3 is 0 Å². The maximum Gasteiger partial charge on any atom is 0.222 e. The number of rotatable bonds is 2. The lowest BCUT2D eigenvalue weighted by Crippen LogP contribution is -1.97. The van der Waals surface area contributed by atoms with E-state index in [2.05, 4.69) is 15.0 Å². The molecule has 3 rings (SSSR count). The van der Waals surface area contributed by atoms with Crippen LogP contribution >= 0.6 is 0 Å². The number of nitrogens with zero attached hydrogens (tertiary/aromatic N) is 3. The molecule has 0 bridgehead atoms. The molecule has 1 aromatic carbocycles. The Labute approximate surface area is 116 Å². The lowest BCUT2D eigenvalue weighted by atomic mass is 10.2. The van der Waals surface area contributed by atoms with Crippen LogP contribution in [0.3, 0.4) is 0 Å². The molecule has 0 saturated heterocycles. The number of fused-ring (bicyclic) bond motifs is 1. The van der Waals surface area contributed by atoms with Crippen molar-refractivity contribution >= 4 is 16.6 Å². The van der Waals surface area contributed by atoms with Gasteiger partial charge in [-0.25, -0.2) is 4.98 Å². The molecule has 3 aromatic rings. The third kappa shape index (κ3) is 2.25. The maximum atomic E-state index is 5.95. The van der Waals surface area contributed by atoms with E-state index in [1.807, 2.05) is 26.0 Å². The monoisotopic (exact) mass is 266 g/mol. The molecule has 0 saturated carbocycles. The number of hydrogen-bond donors (Lipinski definition) is 1. The van der Waals surface area contributed by atoms with Gasteiger partial charge in [-0.2, -0.15) is 4.98 Å². The molecular weight excluding hydrogens is 252 g/mol. The lowest BCUT2D eigenvalue weighted by Gasteiger charge is -2.09. The largest absolute Gasteiger partial charge is 0.437 e. The van der Waals surface area contributed by atoms with E-state index in [0.717, 1.165) is 16.6 Å². The van der Waals surface area contributed by atoms with E-state index >= 15 is 0 Å². The molecule has 0 aliphatic rings. The van der Waals surface area contributed by atoms with Crippen LogP contribution in [0.2, 0.25) is 0 Å². The van der Waals surface area contributed by atoms with Crippen molar-refractivity contribution in [2.24, 2.45) is 0 Å². The van der Waals surface area contributed by atoms with Crippen LogP contribution in [0.5, 0.6) is 11.6 Å². The summed E-state index contributed by atoms with van der Waals surface area (Å²) < 4.78 is 5.84. The van der Waals surface area contributed by atoms with Gasteiger partial charge in [-0.3, -0.25) is 4.98 Å². The Balaban J connectivity index is 2.09. The summed E-state index contributed by atoms with van der Waals surface area (Å²) in [5.74, 6) is 1.81. The number of pyridine rings is 1. The Kier molecular flexibility index (Phi) is 2.95. The predicted molar refractivity (Wildman–Crippen MR) is 77.7 cm³/mol. The molecule has 20 heavy (non-hydrogen) atoms. The maximum absolute atomic E-state index is 5.95. The summed E-state index contributed by atoms with van der Waals surface area (Å²) >= 11 is 0. The highest BCUT2D eigenvalue weighted by Crippen LogP contribution is 2.31. The van der Waals surface area contributed by atoms with Gasteiger partial charge < -0.3 is 10.5 Å². The van der Waals surface area contributed by atoms with Crippen LogP contribution < -0.4 is 10.5 Å². The van der Waals surface area contributed by atoms with Crippen molar-refractivity contribution in [3.05, 3.63) is 48.0 Å². The quantitative estimate of drug-likeness (QED) is 0.722. The van der Waals surface area contributed by atoms with Gasteiger partial charge in [0.2, 0.25) is 5.88 Å². The summed E-state index contributed by atoms with van der Waals surface area (Å²) in [5, 5.41) is 0.868. The fraction of sp³-hybridized carbons (Fsp3) is 0.133. The summed E-state index contributed by atoms with van der Waals surface area (Å²) in [7, 11) is 0. The van der Waals surface area contributed by atoms with Gasteiger partial charge in [0.15, 0.2) is 5.75 Å². The number of nitrogen functional groups attached to an aromatic ring is 1. The molecule has 100 valence electrons. The smallest absolute Gasteiger partial charge is 0.222 e. The van der Waals surface area contributed by atoms with Crippen LogP contribution in [0, 0.1) is 13.8 Å². The molecule has 0 unspecified atom stereocenters.